The molecule has 0 amide bonds. The highest BCUT2D eigenvalue weighted by Crippen LogP contribution is 2.36. The summed E-state index contributed by atoms with van der Waals surface area (Å²) >= 11 is 0. The summed E-state index contributed by atoms with van der Waals surface area (Å²) in [5.41, 5.74) is 3.66. The van der Waals surface area contributed by atoms with E-state index in [1.807, 2.05) is 36.7 Å². The number of aromatic amines is 1. The van der Waals surface area contributed by atoms with Gasteiger partial charge in [-0.25, -0.2) is 9.97 Å². The van der Waals surface area contributed by atoms with Crippen LogP contribution in [0.1, 0.15) is 18.0 Å². The van der Waals surface area contributed by atoms with Gasteiger partial charge >= 0.3 is 0 Å². The number of hydrogen-bond donors (Lipinski definition) is 2. The number of ether oxygens (including phenoxy) is 1. The first kappa shape index (κ1) is 12.7. The molecule has 0 spiro atoms. The average Bonchev–Trinajstić information content (AvgIpc) is 3.04. The Morgan fingerprint density at radius 2 is 2.27 bits per heavy atom. The van der Waals surface area contributed by atoms with Crippen molar-refractivity contribution in [1.82, 2.24) is 20.3 Å². The fourth-order valence-corrected chi connectivity index (χ4v) is 2.87. The van der Waals surface area contributed by atoms with E-state index in [9.17, 15) is 0 Å². The second-order valence-electron chi connectivity index (χ2n) is 5.16. The number of H-pyrrole nitrogens is 1. The molecule has 6 nitrogen and oxygen atoms in total. The van der Waals surface area contributed by atoms with Crippen LogP contribution in [0.4, 0.5) is 0 Å². The summed E-state index contributed by atoms with van der Waals surface area (Å²) in [5, 5.41) is 12.7. The third kappa shape index (κ3) is 1.95. The Morgan fingerprint density at radius 1 is 1.32 bits per heavy atom. The van der Waals surface area contributed by atoms with Crippen LogP contribution < -0.4 is 10.1 Å². The van der Waals surface area contributed by atoms with E-state index >= 15 is 0 Å². The molecule has 1 aromatic carbocycles. The molecular formula is C16H13N5O. The van der Waals surface area contributed by atoms with Crippen LogP contribution in [0, 0.1) is 11.5 Å². The van der Waals surface area contributed by atoms with Crippen LogP contribution in [0.3, 0.4) is 0 Å². The quantitative estimate of drug-likeness (QED) is 0.559. The molecule has 2 N–H and O–H groups in total. The minimum Gasteiger partial charge on any atom is -0.493 e. The maximum atomic E-state index is 8.92. The van der Waals surface area contributed by atoms with E-state index in [0.717, 1.165) is 40.0 Å². The van der Waals surface area contributed by atoms with Gasteiger partial charge in [-0.05, 0) is 24.3 Å². The zero-order valence-corrected chi connectivity index (χ0v) is 11.7. The second-order valence-corrected chi connectivity index (χ2v) is 5.16. The lowest BCUT2D eigenvalue weighted by molar-refractivity contribution is 0.261. The van der Waals surface area contributed by atoms with Gasteiger partial charge in [-0.3, -0.25) is 0 Å². The number of aromatic nitrogens is 3. The van der Waals surface area contributed by atoms with Gasteiger partial charge < -0.3 is 15.0 Å². The predicted molar refractivity (Wildman–Crippen MR) is 80.9 cm³/mol. The summed E-state index contributed by atoms with van der Waals surface area (Å²) in [4.78, 5) is 11.7. The van der Waals surface area contributed by atoms with Crippen molar-refractivity contribution in [2.24, 2.45) is 0 Å². The summed E-state index contributed by atoms with van der Waals surface area (Å²) in [7, 11) is 0. The van der Waals surface area contributed by atoms with E-state index in [-0.39, 0.29) is 6.04 Å². The minimum absolute atomic E-state index is 0.0164. The predicted octanol–water partition coefficient (Wildman–Crippen LogP) is 2.52. The molecule has 0 saturated carbocycles. The van der Waals surface area contributed by atoms with Gasteiger partial charge in [0.1, 0.15) is 17.7 Å². The van der Waals surface area contributed by atoms with Crippen molar-refractivity contribution in [3.8, 4) is 23.2 Å². The lowest BCUT2D eigenvalue weighted by Gasteiger charge is -2.25. The maximum absolute atomic E-state index is 8.92. The number of hydrogen-bond acceptors (Lipinski definition) is 5. The molecule has 4 rings (SSSR count). The van der Waals surface area contributed by atoms with E-state index in [1.165, 1.54) is 0 Å². The molecule has 0 bridgehead atoms. The van der Waals surface area contributed by atoms with Gasteiger partial charge in [0.05, 0.1) is 18.3 Å². The monoisotopic (exact) mass is 291 g/mol. The van der Waals surface area contributed by atoms with E-state index in [2.05, 4.69) is 20.3 Å². The Labute approximate surface area is 126 Å². The molecule has 0 saturated heterocycles. The topological polar surface area (TPSA) is 86.6 Å². The van der Waals surface area contributed by atoms with Crippen molar-refractivity contribution in [3.05, 3.63) is 42.4 Å². The summed E-state index contributed by atoms with van der Waals surface area (Å²) in [5.74, 6) is 0.821. The van der Waals surface area contributed by atoms with Crippen LogP contribution in [-0.4, -0.2) is 21.6 Å². The Bertz CT molecular complexity index is 880. The summed E-state index contributed by atoms with van der Waals surface area (Å²) in [6.45, 7) is 0.612. The number of nitriles is 1. The Morgan fingerprint density at radius 3 is 3.18 bits per heavy atom. The number of benzene rings is 1. The molecule has 22 heavy (non-hydrogen) atoms. The van der Waals surface area contributed by atoms with E-state index < -0.39 is 0 Å². The van der Waals surface area contributed by atoms with E-state index in [4.69, 9.17) is 10.00 Å². The minimum atomic E-state index is -0.0164. The molecule has 1 aliphatic heterocycles. The first-order valence-electron chi connectivity index (χ1n) is 7.06. The lowest BCUT2D eigenvalue weighted by Crippen LogP contribution is -2.23. The molecule has 0 aliphatic carbocycles. The zero-order chi connectivity index (χ0) is 14.9. The SMILES string of the molecule is N#CN[C@@H]1CCOc2ccc(-c3ncnc4[nH]ccc34)cc21. The summed E-state index contributed by atoms with van der Waals surface area (Å²) in [6, 6.07) is 7.92. The zero-order valence-electron chi connectivity index (χ0n) is 11.7. The fourth-order valence-electron chi connectivity index (χ4n) is 2.87. The first-order chi connectivity index (χ1) is 10.9. The Balaban J connectivity index is 1.85. The third-order valence-electron chi connectivity index (χ3n) is 3.92. The summed E-state index contributed by atoms with van der Waals surface area (Å²) < 4.78 is 5.68. The first-order valence-corrected chi connectivity index (χ1v) is 7.06. The number of rotatable bonds is 2. The van der Waals surface area contributed by atoms with Gasteiger partial charge in [-0.2, -0.15) is 5.26 Å². The van der Waals surface area contributed by atoms with Crippen LogP contribution >= 0.6 is 0 Å². The van der Waals surface area contributed by atoms with E-state index in [0.29, 0.717) is 6.61 Å². The standard InChI is InChI=1S/C16H13N5O/c17-8-19-13-4-6-22-14-2-1-10(7-12(13)14)15-11-3-5-18-16(11)21-9-20-15/h1-3,5,7,9,13,19H,4,6H2,(H,18,20,21)/t13-/m1/s1. The number of fused-ring (bicyclic) bond motifs is 2. The second kappa shape index (κ2) is 5.04. The summed E-state index contributed by atoms with van der Waals surface area (Å²) in [6.07, 6.45) is 6.20. The molecule has 3 heterocycles. The molecule has 0 radical (unpaired) electrons. The van der Waals surface area contributed by atoms with Crippen molar-refractivity contribution in [2.75, 3.05) is 6.61 Å². The third-order valence-corrected chi connectivity index (χ3v) is 3.92. The normalized spacial score (nSPS) is 16.6. The van der Waals surface area contributed by atoms with Crippen LogP contribution in [0.25, 0.3) is 22.3 Å². The van der Waals surface area contributed by atoms with Gasteiger partial charge in [0.25, 0.3) is 0 Å². The molecule has 3 aromatic rings. The molecule has 6 heteroatoms. The molecular weight excluding hydrogens is 278 g/mol. The van der Waals surface area contributed by atoms with Gasteiger partial charge in [0.15, 0.2) is 6.19 Å². The van der Waals surface area contributed by atoms with Crippen molar-refractivity contribution >= 4 is 11.0 Å². The number of nitrogens with one attached hydrogen (secondary N) is 2. The van der Waals surface area contributed by atoms with Crippen molar-refractivity contribution < 1.29 is 4.74 Å². The Hall–Kier alpha value is -3.07. The van der Waals surface area contributed by atoms with Crippen LogP contribution in [0.15, 0.2) is 36.8 Å². The van der Waals surface area contributed by atoms with Crippen LogP contribution in [-0.2, 0) is 0 Å². The molecule has 108 valence electrons. The molecule has 0 fully saturated rings. The molecule has 1 atom stereocenters. The van der Waals surface area contributed by atoms with Crippen LogP contribution in [0.2, 0.25) is 0 Å². The highest BCUT2D eigenvalue weighted by molar-refractivity contribution is 5.90. The molecule has 2 aromatic heterocycles. The molecule has 1 aliphatic rings. The van der Waals surface area contributed by atoms with Crippen LogP contribution in [0.5, 0.6) is 5.75 Å². The van der Waals surface area contributed by atoms with Gasteiger partial charge in [-0.1, -0.05) is 0 Å². The average molecular weight is 291 g/mol. The van der Waals surface area contributed by atoms with Crippen molar-refractivity contribution in [2.45, 2.75) is 12.5 Å². The van der Waals surface area contributed by atoms with Crippen molar-refractivity contribution in [1.29, 1.82) is 5.26 Å². The maximum Gasteiger partial charge on any atom is 0.177 e. The number of nitrogens with zero attached hydrogens (tertiary/aromatic N) is 3. The highest BCUT2D eigenvalue weighted by atomic mass is 16.5. The van der Waals surface area contributed by atoms with Crippen molar-refractivity contribution in [3.63, 3.8) is 0 Å². The largest absolute Gasteiger partial charge is 0.493 e. The smallest absolute Gasteiger partial charge is 0.177 e. The Kier molecular flexibility index (Phi) is 2.90. The van der Waals surface area contributed by atoms with E-state index in [1.54, 1.807) is 6.33 Å². The van der Waals surface area contributed by atoms with Gasteiger partial charge in [0, 0.05) is 29.1 Å². The fraction of sp³-hybridized carbons (Fsp3) is 0.188. The highest BCUT2D eigenvalue weighted by Gasteiger charge is 2.22. The lowest BCUT2D eigenvalue weighted by atomic mass is 9.96. The van der Waals surface area contributed by atoms with Gasteiger partial charge in [0.2, 0.25) is 0 Å². The van der Waals surface area contributed by atoms with Gasteiger partial charge in [-0.15, -0.1) is 0 Å². The molecule has 0 unspecified atom stereocenters.